The minimum Gasteiger partial charge on any atom is -0.461 e. The molecule has 0 aliphatic rings. The summed E-state index contributed by atoms with van der Waals surface area (Å²) in [7, 11) is 0. The topological polar surface area (TPSA) is 38.3 Å². The minimum atomic E-state index is -0.131. The molecule has 1 N–H and O–H groups in total. The van der Waals surface area contributed by atoms with Gasteiger partial charge in [0.2, 0.25) is 0 Å². The van der Waals surface area contributed by atoms with E-state index in [1.54, 1.807) is 0 Å². The van der Waals surface area contributed by atoms with E-state index in [-0.39, 0.29) is 11.9 Å². The second-order valence-electron chi connectivity index (χ2n) is 5.25. The molecule has 0 amide bonds. The number of nitrogens with one attached hydrogen (secondary N) is 1. The molecule has 1 rings (SSSR count). The Morgan fingerprint density at radius 2 is 2.00 bits per heavy atom. The van der Waals surface area contributed by atoms with Crippen LogP contribution in [0.5, 0.6) is 0 Å². The lowest BCUT2D eigenvalue weighted by atomic mass is 10.2. The fourth-order valence-electron chi connectivity index (χ4n) is 1.95. The highest BCUT2D eigenvalue weighted by atomic mass is 32.2. The van der Waals surface area contributed by atoms with Gasteiger partial charge in [0.15, 0.2) is 0 Å². The maximum atomic E-state index is 11.9. The van der Waals surface area contributed by atoms with Gasteiger partial charge in [0.05, 0.1) is 5.92 Å². The Kier molecular flexibility index (Phi) is 10.0. The van der Waals surface area contributed by atoms with Crippen LogP contribution in [0.3, 0.4) is 0 Å². The second-order valence-corrected chi connectivity index (χ2v) is 6.24. The maximum absolute atomic E-state index is 11.9. The standard InChI is InChI=1S/C17H27NO2S/c1-15(13-18-11-7-4-8-12-21-2)17(19)20-14-16-9-5-3-6-10-16/h3,5-6,9-10,15,18H,4,7-8,11-14H2,1-2H3. The van der Waals surface area contributed by atoms with E-state index in [2.05, 4.69) is 11.6 Å². The highest BCUT2D eigenvalue weighted by Crippen LogP contribution is 2.05. The molecular formula is C17H27NO2S. The van der Waals surface area contributed by atoms with Crippen LogP contribution in [-0.4, -0.2) is 31.1 Å². The van der Waals surface area contributed by atoms with Crippen molar-refractivity contribution in [1.82, 2.24) is 5.32 Å². The predicted octanol–water partition coefficient (Wildman–Crippen LogP) is 3.49. The van der Waals surface area contributed by atoms with Gasteiger partial charge in [-0.2, -0.15) is 11.8 Å². The van der Waals surface area contributed by atoms with Crippen LogP contribution < -0.4 is 5.32 Å². The van der Waals surface area contributed by atoms with Gasteiger partial charge in [-0.15, -0.1) is 0 Å². The van der Waals surface area contributed by atoms with E-state index < -0.39 is 0 Å². The molecule has 21 heavy (non-hydrogen) atoms. The van der Waals surface area contributed by atoms with Crippen LogP contribution in [0.15, 0.2) is 30.3 Å². The summed E-state index contributed by atoms with van der Waals surface area (Å²) in [6.45, 7) is 3.94. The first kappa shape index (κ1) is 18.1. The zero-order valence-corrected chi connectivity index (χ0v) is 14.0. The molecule has 1 unspecified atom stereocenters. The molecule has 0 fully saturated rings. The van der Waals surface area contributed by atoms with Crippen LogP contribution in [0.25, 0.3) is 0 Å². The number of benzene rings is 1. The summed E-state index contributed by atoms with van der Waals surface area (Å²) in [4.78, 5) is 11.9. The molecule has 0 saturated heterocycles. The molecule has 0 saturated carbocycles. The lowest BCUT2D eigenvalue weighted by Crippen LogP contribution is -2.28. The monoisotopic (exact) mass is 309 g/mol. The largest absolute Gasteiger partial charge is 0.461 e. The van der Waals surface area contributed by atoms with Gasteiger partial charge in [-0.25, -0.2) is 0 Å². The second kappa shape index (κ2) is 11.6. The van der Waals surface area contributed by atoms with E-state index in [1.807, 2.05) is 49.0 Å². The summed E-state index contributed by atoms with van der Waals surface area (Å²) >= 11 is 1.90. The van der Waals surface area contributed by atoms with Crippen molar-refractivity contribution in [2.24, 2.45) is 5.92 Å². The van der Waals surface area contributed by atoms with Crippen molar-refractivity contribution in [1.29, 1.82) is 0 Å². The molecular weight excluding hydrogens is 282 g/mol. The summed E-state index contributed by atoms with van der Waals surface area (Å²) in [5.74, 6) is 1.01. The Labute approximate surface area is 132 Å². The number of hydrogen-bond donors (Lipinski definition) is 1. The third-order valence-electron chi connectivity index (χ3n) is 3.28. The summed E-state index contributed by atoms with van der Waals surface area (Å²) in [6.07, 6.45) is 5.84. The average molecular weight is 309 g/mol. The first-order valence-electron chi connectivity index (χ1n) is 7.64. The first-order valence-corrected chi connectivity index (χ1v) is 9.03. The molecule has 0 bridgehead atoms. The van der Waals surface area contributed by atoms with Gasteiger partial charge in [0, 0.05) is 6.54 Å². The number of unbranched alkanes of at least 4 members (excludes halogenated alkanes) is 2. The summed E-state index contributed by atoms with van der Waals surface area (Å²) in [6, 6.07) is 9.78. The fraction of sp³-hybridized carbons (Fsp3) is 0.588. The number of hydrogen-bond acceptors (Lipinski definition) is 4. The van der Waals surface area contributed by atoms with Crippen molar-refractivity contribution in [3.63, 3.8) is 0 Å². The predicted molar refractivity (Wildman–Crippen MR) is 90.5 cm³/mol. The van der Waals surface area contributed by atoms with E-state index in [9.17, 15) is 4.79 Å². The highest BCUT2D eigenvalue weighted by Gasteiger charge is 2.13. The summed E-state index contributed by atoms with van der Waals surface area (Å²) < 4.78 is 5.32. The molecule has 3 nitrogen and oxygen atoms in total. The highest BCUT2D eigenvalue weighted by molar-refractivity contribution is 7.98. The first-order chi connectivity index (χ1) is 10.2. The number of esters is 1. The third kappa shape index (κ3) is 8.79. The van der Waals surface area contributed by atoms with Crippen LogP contribution >= 0.6 is 11.8 Å². The molecule has 0 radical (unpaired) electrons. The number of rotatable bonds is 11. The Morgan fingerprint density at radius 3 is 2.71 bits per heavy atom. The number of ether oxygens (including phenoxy) is 1. The van der Waals surface area contributed by atoms with Gasteiger partial charge in [-0.05, 0) is 37.0 Å². The Morgan fingerprint density at radius 1 is 1.24 bits per heavy atom. The molecule has 0 aromatic heterocycles. The van der Waals surface area contributed by atoms with Crippen molar-refractivity contribution in [2.75, 3.05) is 25.1 Å². The molecule has 0 heterocycles. The third-order valence-corrected chi connectivity index (χ3v) is 3.98. The molecule has 0 spiro atoms. The van der Waals surface area contributed by atoms with Crippen molar-refractivity contribution in [3.8, 4) is 0 Å². The van der Waals surface area contributed by atoms with E-state index in [1.165, 1.54) is 25.0 Å². The van der Waals surface area contributed by atoms with Crippen LogP contribution in [0, 0.1) is 5.92 Å². The van der Waals surface area contributed by atoms with Gasteiger partial charge in [-0.3, -0.25) is 4.79 Å². The zero-order valence-electron chi connectivity index (χ0n) is 13.1. The van der Waals surface area contributed by atoms with Crippen molar-refractivity contribution >= 4 is 17.7 Å². The number of carbonyl (C=O) groups excluding carboxylic acids is 1. The number of carbonyl (C=O) groups is 1. The van der Waals surface area contributed by atoms with Gasteiger partial charge in [0.25, 0.3) is 0 Å². The molecule has 0 aliphatic carbocycles. The molecule has 1 atom stereocenters. The molecule has 1 aromatic rings. The van der Waals surface area contributed by atoms with E-state index in [0.717, 1.165) is 12.1 Å². The Bertz CT molecular complexity index is 384. The molecule has 4 heteroatoms. The minimum absolute atomic E-state index is 0.0973. The van der Waals surface area contributed by atoms with Gasteiger partial charge >= 0.3 is 5.97 Å². The number of thioether (sulfide) groups is 1. The van der Waals surface area contributed by atoms with Crippen molar-refractivity contribution in [3.05, 3.63) is 35.9 Å². The molecule has 0 aliphatic heterocycles. The average Bonchev–Trinajstić information content (AvgIpc) is 2.52. The smallest absolute Gasteiger partial charge is 0.310 e. The lowest BCUT2D eigenvalue weighted by molar-refractivity contribution is -0.149. The maximum Gasteiger partial charge on any atom is 0.310 e. The SMILES string of the molecule is CSCCCCCNCC(C)C(=O)OCc1ccccc1. The summed E-state index contributed by atoms with van der Waals surface area (Å²) in [5, 5.41) is 3.33. The van der Waals surface area contributed by atoms with Crippen LogP contribution in [0.1, 0.15) is 31.7 Å². The Hall–Kier alpha value is -1.00. The van der Waals surface area contributed by atoms with Gasteiger partial charge in [0.1, 0.15) is 6.61 Å². The molecule has 118 valence electrons. The normalized spacial score (nSPS) is 12.1. The van der Waals surface area contributed by atoms with E-state index in [4.69, 9.17) is 4.74 Å². The summed E-state index contributed by atoms with van der Waals surface area (Å²) in [5.41, 5.74) is 1.03. The van der Waals surface area contributed by atoms with E-state index in [0.29, 0.717) is 13.2 Å². The zero-order chi connectivity index (χ0) is 15.3. The fourth-order valence-corrected chi connectivity index (χ4v) is 2.44. The van der Waals surface area contributed by atoms with Crippen LogP contribution in [0.4, 0.5) is 0 Å². The van der Waals surface area contributed by atoms with Gasteiger partial charge < -0.3 is 10.1 Å². The van der Waals surface area contributed by atoms with E-state index >= 15 is 0 Å². The molecule has 1 aromatic carbocycles. The van der Waals surface area contributed by atoms with Crippen molar-refractivity contribution in [2.45, 2.75) is 32.8 Å². The Balaban J connectivity index is 2.06. The quantitative estimate of drug-likeness (QED) is 0.501. The van der Waals surface area contributed by atoms with Crippen molar-refractivity contribution < 1.29 is 9.53 Å². The lowest BCUT2D eigenvalue weighted by Gasteiger charge is -2.12. The van der Waals surface area contributed by atoms with Gasteiger partial charge in [-0.1, -0.05) is 43.7 Å². The van der Waals surface area contributed by atoms with Crippen LogP contribution in [-0.2, 0) is 16.1 Å². The van der Waals surface area contributed by atoms with Crippen LogP contribution in [0.2, 0.25) is 0 Å².